The van der Waals surface area contributed by atoms with Crippen molar-refractivity contribution >= 4 is 5.69 Å². The van der Waals surface area contributed by atoms with Crippen molar-refractivity contribution in [3.05, 3.63) is 24.3 Å². The highest BCUT2D eigenvalue weighted by Crippen LogP contribution is 2.28. The molecular formula is C15H23NO3. The van der Waals surface area contributed by atoms with Crippen molar-refractivity contribution in [2.45, 2.75) is 37.8 Å². The van der Waals surface area contributed by atoms with E-state index in [0.717, 1.165) is 43.7 Å². The molecule has 0 bridgehead atoms. The zero-order valence-corrected chi connectivity index (χ0v) is 11.5. The predicted molar refractivity (Wildman–Crippen MR) is 75.7 cm³/mol. The van der Waals surface area contributed by atoms with Gasteiger partial charge in [0.2, 0.25) is 0 Å². The summed E-state index contributed by atoms with van der Waals surface area (Å²) in [6.45, 7) is 1.06. The third kappa shape index (κ3) is 3.85. The SMILES string of the molecule is COc1ccccc1NC(CCCO)C1CCCO1. The normalized spacial score (nSPS) is 20.2. The lowest BCUT2D eigenvalue weighted by molar-refractivity contribution is 0.0907. The Morgan fingerprint density at radius 2 is 2.32 bits per heavy atom. The molecule has 1 aliphatic rings. The van der Waals surface area contributed by atoms with Crippen LogP contribution in [-0.4, -0.2) is 37.6 Å². The van der Waals surface area contributed by atoms with Gasteiger partial charge in [-0.15, -0.1) is 0 Å². The van der Waals surface area contributed by atoms with Crippen LogP contribution in [0, 0.1) is 0 Å². The molecule has 0 radical (unpaired) electrons. The number of nitrogens with one attached hydrogen (secondary N) is 1. The summed E-state index contributed by atoms with van der Waals surface area (Å²) >= 11 is 0. The van der Waals surface area contributed by atoms with Gasteiger partial charge in [0.25, 0.3) is 0 Å². The van der Waals surface area contributed by atoms with Gasteiger partial charge in [-0.3, -0.25) is 0 Å². The second-order valence-corrected chi connectivity index (χ2v) is 4.87. The van der Waals surface area contributed by atoms with Crippen LogP contribution in [0.1, 0.15) is 25.7 Å². The molecule has 0 amide bonds. The fourth-order valence-corrected chi connectivity index (χ4v) is 2.55. The molecule has 1 fully saturated rings. The van der Waals surface area contributed by atoms with Crippen LogP contribution in [0.3, 0.4) is 0 Å². The maximum atomic E-state index is 9.03. The Bertz CT molecular complexity index is 377. The van der Waals surface area contributed by atoms with Gasteiger partial charge < -0.3 is 19.9 Å². The molecule has 19 heavy (non-hydrogen) atoms. The van der Waals surface area contributed by atoms with E-state index in [2.05, 4.69) is 5.32 Å². The van der Waals surface area contributed by atoms with E-state index in [1.807, 2.05) is 24.3 Å². The van der Waals surface area contributed by atoms with Crippen LogP contribution in [0.15, 0.2) is 24.3 Å². The van der Waals surface area contributed by atoms with Gasteiger partial charge in [-0.1, -0.05) is 12.1 Å². The summed E-state index contributed by atoms with van der Waals surface area (Å²) in [6, 6.07) is 8.13. The molecule has 1 saturated heterocycles. The van der Waals surface area contributed by atoms with Gasteiger partial charge in [0.1, 0.15) is 5.75 Å². The summed E-state index contributed by atoms with van der Waals surface area (Å²) in [4.78, 5) is 0. The molecule has 2 unspecified atom stereocenters. The standard InChI is InChI=1S/C15H23NO3/c1-18-14-8-3-2-6-12(14)16-13(7-4-10-17)15-9-5-11-19-15/h2-3,6,8,13,15-17H,4-5,7,9-11H2,1H3. The Kier molecular flexibility index (Phi) is 5.48. The molecule has 4 nitrogen and oxygen atoms in total. The molecule has 0 saturated carbocycles. The molecule has 1 aliphatic heterocycles. The lowest BCUT2D eigenvalue weighted by atomic mass is 10.0. The Morgan fingerprint density at radius 1 is 1.47 bits per heavy atom. The summed E-state index contributed by atoms with van der Waals surface area (Å²) in [5.74, 6) is 0.842. The minimum absolute atomic E-state index is 0.219. The van der Waals surface area contributed by atoms with E-state index < -0.39 is 0 Å². The third-order valence-corrected chi connectivity index (χ3v) is 3.53. The maximum Gasteiger partial charge on any atom is 0.141 e. The van der Waals surface area contributed by atoms with Gasteiger partial charge in [-0.05, 0) is 37.8 Å². The van der Waals surface area contributed by atoms with Gasteiger partial charge in [0.05, 0.1) is 24.9 Å². The summed E-state index contributed by atoms with van der Waals surface area (Å²) in [6.07, 6.45) is 4.12. The lowest BCUT2D eigenvalue weighted by Gasteiger charge is -2.26. The molecule has 2 atom stereocenters. The molecule has 2 rings (SSSR count). The van der Waals surface area contributed by atoms with E-state index in [1.54, 1.807) is 7.11 Å². The Hall–Kier alpha value is -1.26. The molecule has 1 heterocycles. The van der Waals surface area contributed by atoms with Crippen LogP contribution >= 0.6 is 0 Å². The van der Waals surface area contributed by atoms with Crippen molar-refractivity contribution < 1.29 is 14.6 Å². The molecule has 0 aromatic heterocycles. The highest BCUT2D eigenvalue weighted by molar-refractivity contribution is 5.56. The lowest BCUT2D eigenvalue weighted by Crippen LogP contribution is -2.33. The first-order valence-corrected chi connectivity index (χ1v) is 6.97. The van der Waals surface area contributed by atoms with Crippen molar-refractivity contribution in [1.82, 2.24) is 0 Å². The Balaban J connectivity index is 2.05. The topological polar surface area (TPSA) is 50.7 Å². The molecule has 1 aromatic rings. The highest BCUT2D eigenvalue weighted by atomic mass is 16.5. The molecule has 0 aliphatic carbocycles. The minimum Gasteiger partial charge on any atom is -0.495 e. The van der Waals surface area contributed by atoms with E-state index in [0.29, 0.717) is 0 Å². The first-order chi connectivity index (χ1) is 9.35. The number of methoxy groups -OCH3 is 1. The van der Waals surface area contributed by atoms with Crippen molar-refractivity contribution in [2.75, 3.05) is 25.6 Å². The molecule has 106 valence electrons. The van der Waals surface area contributed by atoms with Gasteiger partial charge >= 0.3 is 0 Å². The highest BCUT2D eigenvalue weighted by Gasteiger charge is 2.26. The van der Waals surface area contributed by atoms with Crippen molar-refractivity contribution in [3.8, 4) is 5.75 Å². The van der Waals surface area contributed by atoms with Crippen LogP contribution in [0.2, 0.25) is 0 Å². The molecular weight excluding hydrogens is 242 g/mol. The van der Waals surface area contributed by atoms with E-state index in [4.69, 9.17) is 14.6 Å². The summed E-state index contributed by atoms with van der Waals surface area (Å²) < 4.78 is 11.1. The van der Waals surface area contributed by atoms with Gasteiger partial charge in [-0.2, -0.15) is 0 Å². The molecule has 2 N–H and O–H groups in total. The largest absolute Gasteiger partial charge is 0.495 e. The molecule has 0 spiro atoms. The smallest absolute Gasteiger partial charge is 0.141 e. The number of hydrogen-bond acceptors (Lipinski definition) is 4. The minimum atomic E-state index is 0.219. The number of ether oxygens (including phenoxy) is 2. The summed E-state index contributed by atoms with van der Waals surface area (Å²) in [5, 5.41) is 12.5. The van der Waals surface area contributed by atoms with Gasteiger partial charge in [-0.25, -0.2) is 0 Å². The first-order valence-electron chi connectivity index (χ1n) is 6.97. The van der Waals surface area contributed by atoms with Crippen LogP contribution in [0.25, 0.3) is 0 Å². The predicted octanol–water partition coefficient (Wildman–Crippen LogP) is 2.43. The van der Waals surface area contributed by atoms with E-state index in [9.17, 15) is 0 Å². The maximum absolute atomic E-state index is 9.03. The number of anilines is 1. The fourth-order valence-electron chi connectivity index (χ4n) is 2.55. The number of para-hydroxylation sites is 2. The average molecular weight is 265 g/mol. The van der Waals surface area contributed by atoms with Gasteiger partial charge in [0.15, 0.2) is 0 Å². The number of aliphatic hydroxyl groups excluding tert-OH is 1. The Labute approximate surface area is 114 Å². The van der Waals surface area contributed by atoms with Crippen LogP contribution in [0.4, 0.5) is 5.69 Å². The Morgan fingerprint density at radius 3 is 3.00 bits per heavy atom. The van der Waals surface area contributed by atoms with E-state index >= 15 is 0 Å². The molecule has 1 aromatic carbocycles. The number of benzene rings is 1. The van der Waals surface area contributed by atoms with Gasteiger partial charge in [0, 0.05) is 13.2 Å². The second-order valence-electron chi connectivity index (χ2n) is 4.87. The first kappa shape index (κ1) is 14.2. The van der Waals surface area contributed by atoms with E-state index in [1.165, 1.54) is 0 Å². The monoisotopic (exact) mass is 265 g/mol. The van der Waals surface area contributed by atoms with Crippen LogP contribution in [-0.2, 0) is 4.74 Å². The molecule has 4 heteroatoms. The third-order valence-electron chi connectivity index (χ3n) is 3.53. The quantitative estimate of drug-likeness (QED) is 0.795. The van der Waals surface area contributed by atoms with Crippen molar-refractivity contribution in [2.24, 2.45) is 0 Å². The second kappa shape index (κ2) is 7.36. The zero-order chi connectivity index (χ0) is 13.5. The number of hydrogen-bond donors (Lipinski definition) is 2. The summed E-state index contributed by atoms with van der Waals surface area (Å²) in [7, 11) is 1.68. The van der Waals surface area contributed by atoms with E-state index in [-0.39, 0.29) is 18.8 Å². The van der Waals surface area contributed by atoms with Crippen molar-refractivity contribution in [1.29, 1.82) is 0 Å². The van der Waals surface area contributed by atoms with Crippen LogP contribution in [0.5, 0.6) is 5.75 Å². The number of aliphatic hydroxyl groups is 1. The summed E-state index contributed by atoms with van der Waals surface area (Å²) in [5.41, 5.74) is 0.989. The van der Waals surface area contributed by atoms with Crippen LogP contribution < -0.4 is 10.1 Å². The fraction of sp³-hybridized carbons (Fsp3) is 0.600. The number of rotatable bonds is 7. The zero-order valence-electron chi connectivity index (χ0n) is 11.5. The van der Waals surface area contributed by atoms with Crippen molar-refractivity contribution in [3.63, 3.8) is 0 Å². The average Bonchev–Trinajstić information content (AvgIpc) is 2.98.